The molecule has 1 heteroatoms. The van der Waals surface area contributed by atoms with E-state index in [0.29, 0.717) is 5.92 Å². The Morgan fingerprint density at radius 3 is 1.83 bits per heavy atom. The van der Waals surface area contributed by atoms with Gasteiger partial charge in [-0.15, -0.1) is 0 Å². The molecule has 0 saturated carbocycles. The smallest absolute Gasteiger partial charge is 0.0540 e. The topological polar surface area (TPSA) is 3.24 Å². The average molecular weight is 616 g/mol. The van der Waals surface area contributed by atoms with E-state index in [1.165, 1.54) is 55.3 Å². The second-order valence-corrected chi connectivity index (χ2v) is 12.6. The SMILES string of the molecule is CC1CC=C(c2cccc(N(c3cccc(-c4cccc5ccccc45)c3)c3ccccc3-c3ccccc3)c2)C=C1c1ccccc1. The van der Waals surface area contributed by atoms with Gasteiger partial charge >= 0.3 is 0 Å². The highest BCUT2D eigenvalue weighted by Gasteiger charge is 2.20. The Kier molecular flexibility index (Phi) is 8.02. The molecule has 1 aliphatic carbocycles. The maximum Gasteiger partial charge on any atom is 0.0540 e. The van der Waals surface area contributed by atoms with E-state index in [2.05, 4.69) is 200 Å². The van der Waals surface area contributed by atoms with Gasteiger partial charge in [-0.1, -0.05) is 165 Å². The third-order valence-corrected chi connectivity index (χ3v) is 9.51. The van der Waals surface area contributed by atoms with Crippen molar-refractivity contribution in [2.45, 2.75) is 13.3 Å². The van der Waals surface area contributed by atoms with Crippen LogP contribution in [0.25, 0.3) is 44.2 Å². The summed E-state index contributed by atoms with van der Waals surface area (Å²) in [6.07, 6.45) is 5.82. The molecule has 1 unspecified atom stereocenters. The van der Waals surface area contributed by atoms with Crippen LogP contribution in [-0.2, 0) is 0 Å². The number of fused-ring (bicyclic) bond motifs is 1. The van der Waals surface area contributed by atoms with Crippen molar-refractivity contribution in [3.8, 4) is 22.3 Å². The van der Waals surface area contributed by atoms with E-state index in [4.69, 9.17) is 0 Å². The standard InChI is InChI=1S/C47H37N/c1-34-29-30-39(33-46(34)37-17-6-3-7-18-37)38-21-12-23-41(31-38)48(47-28-11-10-26-45(47)36-15-4-2-5-16-36)42-24-13-22-40(32-42)44-27-14-20-35-19-8-9-25-43(35)44/h2-28,30-34H,29H2,1H3. The molecule has 1 nitrogen and oxygen atoms in total. The van der Waals surface area contributed by atoms with Gasteiger partial charge in [0.1, 0.15) is 0 Å². The quantitative estimate of drug-likeness (QED) is 0.172. The van der Waals surface area contributed by atoms with E-state index in [0.717, 1.165) is 23.5 Å². The van der Waals surface area contributed by atoms with Crippen molar-refractivity contribution >= 4 is 39.0 Å². The van der Waals surface area contributed by atoms with E-state index in [1.54, 1.807) is 0 Å². The Hall–Kier alpha value is -5.92. The lowest BCUT2D eigenvalue weighted by Crippen LogP contribution is -2.12. The average Bonchev–Trinajstić information content (AvgIpc) is 3.16. The molecule has 1 aliphatic rings. The maximum absolute atomic E-state index is 2.42. The van der Waals surface area contributed by atoms with Crippen LogP contribution in [0.2, 0.25) is 0 Å². The predicted octanol–water partition coefficient (Wildman–Crippen LogP) is 13.2. The normalized spacial score (nSPS) is 14.3. The first-order valence-corrected chi connectivity index (χ1v) is 16.8. The molecule has 0 aromatic heterocycles. The monoisotopic (exact) mass is 615 g/mol. The summed E-state index contributed by atoms with van der Waals surface area (Å²) in [6.45, 7) is 2.33. The van der Waals surface area contributed by atoms with Crippen molar-refractivity contribution in [3.05, 3.63) is 199 Å². The molecule has 0 saturated heterocycles. The predicted molar refractivity (Wildman–Crippen MR) is 206 cm³/mol. The van der Waals surface area contributed by atoms with Crippen LogP contribution >= 0.6 is 0 Å². The summed E-state index contributed by atoms with van der Waals surface area (Å²) < 4.78 is 0. The van der Waals surface area contributed by atoms with Crippen molar-refractivity contribution in [2.75, 3.05) is 4.90 Å². The van der Waals surface area contributed by atoms with Crippen molar-refractivity contribution < 1.29 is 0 Å². The van der Waals surface area contributed by atoms with Gasteiger partial charge in [-0.2, -0.15) is 0 Å². The molecule has 8 rings (SSSR count). The summed E-state index contributed by atoms with van der Waals surface area (Å²) in [5.74, 6) is 0.477. The Morgan fingerprint density at radius 1 is 0.479 bits per heavy atom. The zero-order chi connectivity index (χ0) is 32.3. The van der Waals surface area contributed by atoms with Crippen molar-refractivity contribution in [2.24, 2.45) is 5.92 Å². The zero-order valence-electron chi connectivity index (χ0n) is 27.1. The van der Waals surface area contributed by atoms with Crippen molar-refractivity contribution in [1.29, 1.82) is 0 Å². The minimum atomic E-state index is 0.477. The van der Waals surface area contributed by atoms with Crippen LogP contribution in [0.5, 0.6) is 0 Å². The first-order chi connectivity index (χ1) is 23.7. The third kappa shape index (κ3) is 5.76. The van der Waals surface area contributed by atoms with Crippen LogP contribution in [-0.4, -0.2) is 0 Å². The second-order valence-electron chi connectivity index (χ2n) is 12.6. The molecule has 0 radical (unpaired) electrons. The molecule has 7 aromatic rings. The Morgan fingerprint density at radius 2 is 1.04 bits per heavy atom. The van der Waals surface area contributed by atoms with Crippen molar-refractivity contribution in [3.63, 3.8) is 0 Å². The Bertz CT molecular complexity index is 2270. The van der Waals surface area contributed by atoms with Crippen LogP contribution in [0.1, 0.15) is 24.5 Å². The minimum Gasteiger partial charge on any atom is -0.310 e. The number of benzene rings is 7. The van der Waals surface area contributed by atoms with E-state index in [1.807, 2.05) is 0 Å². The lowest BCUT2D eigenvalue weighted by Gasteiger charge is -2.29. The highest BCUT2D eigenvalue weighted by Crippen LogP contribution is 2.43. The lowest BCUT2D eigenvalue weighted by molar-refractivity contribution is 0.761. The van der Waals surface area contributed by atoms with Gasteiger partial charge in [-0.3, -0.25) is 0 Å². The molecule has 0 N–H and O–H groups in total. The van der Waals surface area contributed by atoms with Gasteiger partial charge in [-0.25, -0.2) is 0 Å². The van der Waals surface area contributed by atoms with E-state index < -0.39 is 0 Å². The van der Waals surface area contributed by atoms with Gasteiger partial charge in [0.05, 0.1) is 5.69 Å². The molecule has 0 fully saturated rings. The number of anilines is 3. The maximum atomic E-state index is 2.42. The van der Waals surface area contributed by atoms with E-state index in [9.17, 15) is 0 Å². The molecule has 0 bridgehead atoms. The van der Waals surface area contributed by atoms with E-state index in [-0.39, 0.29) is 0 Å². The fourth-order valence-corrected chi connectivity index (χ4v) is 7.07. The number of para-hydroxylation sites is 1. The summed E-state index contributed by atoms with van der Waals surface area (Å²) in [7, 11) is 0. The van der Waals surface area contributed by atoms with E-state index >= 15 is 0 Å². The van der Waals surface area contributed by atoms with Crippen LogP contribution in [0, 0.1) is 5.92 Å². The fraction of sp³-hybridized carbons (Fsp3) is 0.0638. The fourth-order valence-electron chi connectivity index (χ4n) is 7.07. The molecule has 7 aromatic carbocycles. The summed E-state index contributed by atoms with van der Waals surface area (Å²) in [4.78, 5) is 2.42. The van der Waals surface area contributed by atoms with Crippen LogP contribution in [0.3, 0.4) is 0 Å². The number of hydrogen-bond acceptors (Lipinski definition) is 1. The summed E-state index contributed by atoms with van der Waals surface area (Å²) in [6, 6.07) is 63.6. The minimum absolute atomic E-state index is 0.477. The first kappa shape index (κ1) is 29.5. The highest BCUT2D eigenvalue weighted by atomic mass is 15.1. The van der Waals surface area contributed by atoms with Gasteiger partial charge in [0.25, 0.3) is 0 Å². The van der Waals surface area contributed by atoms with Gasteiger partial charge in [0.2, 0.25) is 0 Å². The van der Waals surface area contributed by atoms with Crippen molar-refractivity contribution in [1.82, 2.24) is 0 Å². The van der Waals surface area contributed by atoms with Gasteiger partial charge < -0.3 is 4.90 Å². The molecule has 230 valence electrons. The zero-order valence-corrected chi connectivity index (χ0v) is 27.1. The molecule has 48 heavy (non-hydrogen) atoms. The van der Waals surface area contributed by atoms with Crippen LogP contribution < -0.4 is 4.90 Å². The third-order valence-electron chi connectivity index (χ3n) is 9.51. The lowest BCUT2D eigenvalue weighted by atomic mass is 9.84. The molecule has 1 atom stereocenters. The number of allylic oxidation sites excluding steroid dienone is 4. The molecule has 0 spiro atoms. The summed E-state index contributed by atoms with van der Waals surface area (Å²) in [5, 5.41) is 2.51. The first-order valence-electron chi connectivity index (χ1n) is 16.8. The summed E-state index contributed by atoms with van der Waals surface area (Å²) >= 11 is 0. The Labute approximate surface area is 283 Å². The molecular weight excluding hydrogens is 579 g/mol. The van der Waals surface area contributed by atoms with Crippen LogP contribution in [0.4, 0.5) is 17.1 Å². The second kappa shape index (κ2) is 13.1. The Balaban J connectivity index is 1.29. The van der Waals surface area contributed by atoms with Gasteiger partial charge in [0.15, 0.2) is 0 Å². The number of nitrogens with zero attached hydrogens (tertiary/aromatic N) is 1. The largest absolute Gasteiger partial charge is 0.310 e. The molecular formula is C47H37N. The van der Waals surface area contributed by atoms with Gasteiger partial charge in [-0.05, 0) is 92.4 Å². The van der Waals surface area contributed by atoms with Gasteiger partial charge in [0, 0.05) is 16.9 Å². The highest BCUT2D eigenvalue weighted by molar-refractivity contribution is 5.98. The number of hydrogen-bond donors (Lipinski definition) is 0. The molecule has 0 amide bonds. The summed E-state index contributed by atoms with van der Waals surface area (Å²) in [5.41, 5.74) is 13.4. The molecule has 0 aliphatic heterocycles. The van der Waals surface area contributed by atoms with Crippen LogP contribution in [0.15, 0.2) is 188 Å². The molecule has 0 heterocycles. The number of rotatable bonds is 7.